The Morgan fingerprint density at radius 2 is 1.53 bits per heavy atom. The molecule has 0 saturated carbocycles. The molecule has 0 aromatic heterocycles. The number of aliphatic hydroxyl groups is 2. The highest BCUT2D eigenvalue weighted by Gasteiger charge is 2.42. The Morgan fingerprint density at radius 3 is 2.16 bits per heavy atom. The molecule has 5 aromatic carbocycles. The molecule has 32 heteroatoms. The number of rotatable bonds is 24. The number of aromatic hydroxyl groups is 1. The number of fused-ring (bicyclic) bond motifs is 8. The number of carbonyl (C=O) groups excluding carboxylic acids is 7. The Hall–Kier alpha value is -10.1. The second kappa shape index (κ2) is 33.2. The van der Waals surface area contributed by atoms with Gasteiger partial charge in [0.15, 0.2) is 11.5 Å². The summed E-state index contributed by atoms with van der Waals surface area (Å²) in [6.45, 7) is 7.92. The zero-order chi connectivity index (χ0) is 72.0. The molecule has 0 spiro atoms. The van der Waals surface area contributed by atoms with E-state index in [2.05, 4.69) is 31.9 Å². The number of aliphatic hydroxyl groups excluding tert-OH is 2. The molecule has 7 amide bonds. The number of ether oxygens (including phenoxy) is 9. The SMILES string of the molecule is COCCOCOC[C@H]1NC(=O)[C@H]2NC(=O)[C@H](NC(=O)[C@H](NC(=O)[C@H](CC#N)NC(=O)[C@H](NC(=O)[C@@H](CC(C)C)N(C)C(=O)OC(C)(C)C)[C@H](O)c3ccc(F)c([N+](=O)[O-])c3)c3cc(O)c(OC)c(c3)Oc3ccc(cc3Cl)[C@H]2O)c2ccc(OC)c(c2)-c2c(OC)cc(OC)cc21. The Balaban J connectivity index is 1.40. The third kappa shape index (κ3) is 18.1. The second-order valence-electron chi connectivity index (χ2n) is 23.9. The number of carbonyl (C=O) groups is 7. The minimum absolute atomic E-state index is 0.0495. The molecule has 8 bridgehead atoms. The summed E-state index contributed by atoms with van der Waals surface area (Å²) in [5.41, 5.74) is -2.44. The molecule has 3 heterocycles. The van der Waals surface area contributed by atoms with Crippen molar-refractivity contribution in [3.8, 4) is 57.4 Å². The smallest absolute Gasteiger partial charge is 0.410 e. The first-order valence-corrected chi connectivity index (χ1v) is 30.8. The first-order chi connectivity index (χ1) is 46.5. The number of hydrogen-bond donors (Lipinski definition) is 9. The number of likely N-dealkylation sites (N-methyl/N-ethyl adjacent to an activating group) is 1. The first-order valence-electron chi connectivity index (χ1n) is 30.4. The summed E-state index contributed by atoms with van der Waals surface area (Å²) in [6.07, 6.45) is -6.28. The van der Waals surface area contributed by atoms with Crippen LogP contribution in [0, 0.1) is 33.2 Å². The van der Waals surface area contributed by atoms with E-state index in [1.165, 1.54) is 78.0 Å². The van der Waals surface area contributed by atoms with Gasteiger partial charge in [-0.2, -0.15) is 9.65 Å². The number of phenolic OH excluding ortho intramolecular Hbond substituents is 1. The van der Waals surface area contributed by atoms with Crippen molar-refractivity contribution in [3.63, 3.8) is 0 Å². The minimum atomic E-state index is -2.31. The topological polar surface area (TPSA) is 406 Å². The summed E-state index contributed by atoms with van der Waals surface area (Å²) in [5, 5.41) is 73.3. The van der Waals surface area contributed by atoms with Gasteiger partial charge in [0.05, 0.1) is 76.7 Å². The van der Waals surface area contributed by atoms with Crippen LogP contribution in [0.2, 0.25) is 5.02 Å². The average molecular weight is 1390 g/mol. The fourth-order valence-corrected chi connectivity index (χ4v) is 10.9. The van der Waals surface area contributed by atoms with Crippen LogP contribution in [0.4, 0.5) is 14.9 Å². The van der Waals surface area contributed by atoms with E-state index < -0.39 is 136 Å². The Bertz CT molecular complexity index is 3850. The number of benzene rings is 5. The number of amides is 7. The molecule has 0 fully saturated rings. The van der Waals surface area contributed by atoms with Crippen molar-refractivity contribution < 1.29 is 101 Å². The number of methoxy groups -OCH3 is 5. The van der Waals surface area contributed by atoms with E-state index in [1.54, 1.807) is 46.8 Å². The summed E-state index contributed by atoms with van der Waals surface area (Å²) in [4.78, 5) is 116. The van der Waals surface area contributed by atoms with Crippen LogP contribution in [-0.4, -0.2) is 166 Å². The van der Waals surface area contributed by atoms with Gasteiger partial charge in [0.25, 0.3) is 0 Å². The van der Waals surface area contributed by atoms with Gasteiger partial charge in [-0.15, -0.1) is 0 Å². The Kier molecular flexibility index (Phi) is 25.5. The van der Waals surface area contributed by atoms with Crippen LogP contribution in [0.1, 0.15) is 106 Å². The number of nitro groups is 1. The zero-order valence-electron chi connectivity index (χ0n) is 55.3. The van der Waals surface area contributed by atoms with Gasteiger partial charge in [-0.3, -0.25) is 43.8 Å². The van der Waals surface area contributed by atoms with Crippen LogP contribution in [0.3, 0.4) is 0 Å². The van der Waals surface area contributed by atoms with Crippen LogP contribution >= 0.6 is 11.6 Å². The third-order valence-corrected chi connectivity index (χ3v) is 15.8. The molecule has 0 aliphatic carbocycles. The molecule has 30 nitrogen and oxygen atoms in total. The van der Waals surface area contributed by atoms with Gasteiger partial charge in [-0.1, -0.05) is 43.6 Å². The molecule has 0 radical (unpaired) electrons. The van der Waals surface area contributed by atoms with Crippen molar-refractivity contribution >= 4 is 58.8 Å². The number of halogens is 2. The van der Waals surface area contributed by atoms with Crippen molar-refractivity contribution in [1.29, 1.82) is 5.26 Å². The van der Waals surface area contributed by atoms with Gasteiger partial charge in [-0.25, -0.2) is 4.79 Å². The zero-order valence-corrected chi connectivity index (χ0v) is 56.1. The number of phenols is 1. The lowest BCUT2D eigenvalue weighted by atomic mass is 9.89. The number of nitrogens with zero attached hydrogens (tertiary/aromatic N) is 3. The Labute approximate surface area is 567 Å². The van der Waals surface area contributed by atoms with Crippen LogP contribution < -0.4 is 55.6 Å². The highest BCUT2D eigenvalue weighted by atomic mass is 35.5. The molecule has 3 aliphatic rings. The maximum Gasteiger partial charge on any atom is 0.410 e. The molecule has 9 atom stereocenters. The number of nitro benzene ring substituents is 1. The Morgan fingerprint density at radius 1 is 0.816 bits per heavy atom. The van der Waals surface area contributed by atoms with Gasteiger partial charge < -0.3 is 89.9 Å². The lowest BCUT2D eigenvalue weighted by Crippen LogP contribution is -2.59. The van der Waals surface area contributed by atoms with Crippen molar-refractivity contribution in [1.82, 2.24) is 36.8 Å². The largest absolute Gasteiger partial charge is 0.504 e. The monoisotopic (exact) mass is 1390 g/mol. The summed E-state index contributed by atoms with van der Waals surface area (Å²) >= 11 is 6.88. The lowest BCUT2D eigenvalue weighted by Gasteiger charge is -2.33. The molecular weight excluding hydrogens is 1310 g/mol. The van der Waals surface area contributed by atoms with Gasteiger partial charge in [-0.05, 0) is 109 Å². The molecule has 9 N–H and O–H groups in total. The maximum atomic E-state index is 15.7. The van der Waals surface area contributed by atoms with Gasteiger partial charge in [0.2, 0.25) is 47.0 Å². The maximum absolute atomic E-state index is 15.7. The van der Waals surface area contributed by atoms with Gasteiger partial charge in [0.1, 0.15) is 83.9 Å². The highest BCUT2D eigenvalue weighted by Crippen LogP contribution is 2.47. The molecule has 3 aliphatic heterocycles. The van der Waals surface area contributed by atoms with E-state index in [4.69, 9.17) is 54.2 Å². The van der Waals surface area contributed by atoms with E-state index >= 15 is 19.2 Å². The first kappa shape index (κ1) is 75.3. The lowest BCUT2D eigenvalue weighted by molar-refractivity contribution is -0.387. The van der Waals surface area contributed by atoms with E-state index in [1.807, 2.05) is 0 Å². The van der Waals surface area contributed by atoms with Crippen LogP contribution in [0.25, 0.3) is 11.1 Å². The second-order valence-corrected chi connectivity index (χ2v) is 24.3. The molecule has 0 saturated heterocycles. The van der Waals surface area contributed by atoms with E-state index in [-0.39, 0.29) is 112 Å². The molecule has 5 aromatic rings. The third-order valence-electron chi connectivity index (χ3n) is 15.5. The van der Waals surface area contributed by atoms with E-state index in [9.17, 15) is 49.5 Å². The van der Waals surface area contributed by atoms with Gasteiger partial charge in [0, 0.05) is 37.4 Å². The van der Waals surface area contributed by atoms with Crippen LogP contribution in [0.15, 0.2) is 78.9 Å². The summed E-state index contributed by atoms with van der Waals surface area (Å²) < 4.78 is 66.2. The van der Waals surface area contributed by atoms with Crippen LogP contribution in [-0.2, 0) is 47.7 Å². The van der Waals surface area contributed by atoms with E-state index in [0.29, 0.717) is 12.1 Å². The molecule has 98 heavy (non-hydrogen) atoms. The van der Waals surface area contributed by atoms with Crippen LogP contribution in [0.5, 0.6) is 40.2 Å². The van der Waals surface area contributed by atoms with Crippen molar-refractivity contribution in [2.45, 2.75) is 108 Å². The van der Waals surface area contributed by atoms with Gasteiger partial charge >= 0.3 is 11.8 Å². The fourth-order valence-electron chi connectivity index (χ4n) is 10.7. The van der Waals surface area contributed by atoms with Crippen molar-refractivity contribution in [3.05, 3.63) is 128 Å². The predicted molar refractivity (Wildman–Crippen MR) is 345 cm³/mol. The minimum Gasteiger partial charge on any atom is -0.504 e. The summed E-state index contributed by atoms with van der Waals surface area (Å²) in [7, 11) is 8.00. The number of hydrogen-bond acceptors (Lipinski definition) is 22. The molecule has 0 unspecified atom stereocenters. The van der Waals surface area contributed by atoms with Crippen molar-refractivity contribution in [2.75, 3.05) is 69.2 Å². The summed E-state index contributed by atoms with van der Waals surface area (Å²) in [6, 6.07) is 4.11. The number of nitriles is 1. The predicted octanol–water partition coefficient (Wildman–Crippen LogP) is 5.84. The highest BCUT2D eigenvalue weighted by molar-refractivity contribution is 6.32. The fraction of sp³-hybridized carbons (Fsp3) is 0.424. The molecule has 8 rings (SSSR count). The molecular formula is C66H77ClFN9O21. The molecule has 526 valence electrons. The van der Waals surface area contributed by atoms with E-state index in [0.717, 1.165) is 30.2 Å². The van der Waals surface area contributed by atoms with Crippen molar-refractivity contribution in [2.24, 2.45) is 5.92 Å². The normalized spacial score (nSPS) is 18.0. The average Bonchev–Trinajstić information content (AvgIpc) is 0.766. The summed E-state index contributed by atoms with van der Waals surface area (Å²) in [5.74, 6) is -10.2. The standard InChI is InChI=1S/C66H77ClFN9O21/c1-32(2)22-45(76(6)65(87)98-66(3,4)5)60(82)74-54(57(80)35-12-15-41(68)44(25-35)77(88)89)63(85)70-42(18-19-69)59(81)72-53-36-26-46(78)58(94-11)50(27-36)97-48-17-14-34(24-40(48)67)56(79)55-64(86)71-43(30-96-31-95-21-20-90-7)38-28-37(91-8)29-49(93-10)51(38)39-23-33(13-16-47(39)92-9)52(61(83)75-55)73-62(53)84/h12-17,23-29,32,42-43,45,52-57,78-80H,18,20-22,30-31H2,1-11H3,(H,70,85)(H,71,86)(H,72,81)(H,73,84)(H,74,82)(H,75,83)/t42-,43+,45+,52+,53+,54+,55-,56+,57+/m0/s1. The quantitative estimate of drug-likeness (QED) is 0.0152. The number of nitrogens with one attached hydrogen (secondary N) is 6.